The fourth-order valence-electron chi connectivity index (χ4n) is 12.4. The van der Waals surface area contributed by atoms with Crippen LogP contribution in [0.4, 0.5) is 17.2 Å². The predicted molar refractivity (Wildman–Crippen MR) is 439 cm³/mol. The Labute approximate surface area is 711 Å². The summed E-state index contributed by atoms with van der Waals surface area (Å²) in [5.41, 5.74) is 5.95. The number of phosphoric ester groups is 2. The summed E-state index contributed by atoms with van der Waals surface area (Å²) < 4.78 is 315. The van der Waals surface area contributed by atoms with Gasteiger partial charge < -0.3 is 65.4 Å². The number of nitrogen functional groups attached to an aromatic ring is 1. The average molecular weight is 2000 g/mol. The number of ether oxygens (including phenoxy) is 1. The number of allylic oxidation sites excluding steroid dienone is 5. The number of unbranched alkanes of at least 4 members (excludes halogenated alkanes) is 7. The largest absolute Gasteiger partial charge is 0.490 e. The summed E-state index contributed by atoms with van der Waals surface area (Å²) in [4.78, 5) is 100. The van der Waals surface area contributed by atoms with Crippen molar-refractivity contribution < 1.29 is 185 Å². The van der Waals surface area contributed by atoms with Gasteiger partial charge in [-0.2, -0.15) is 77.0 Å². The summed E-state index contributed by atoms with van der Waals surface area (Å²) >= 11 is 0. The first-order valence-corrected chi connectivity index (χ1v) is 54.5. The molecule has 124 heavy (non-hydrogen) atoms. The smallest absolute Gasteiger partial charge is 0.390 e. The number of nitrogens with two attached hydrogens (primary N) is 1. The number of aliphatic hydroxyl groups is 1. The van der Waals surface area contributed by atoms with Crippen molar-refractivity contribution in [2.45, 2.75) is 168 Å². The fraction of sp³-hybridized carbons (Fsp3) is 0.492. The Morgan fingerprint density at radius 1 is 0.556 bits per heavy atom. The molecule has 5 aromatic rings. The maximum absolute atomic E-state index is 13.0. The highest BCUT2D eigenvalue weighted by molar-refractivity contribution is 7.87. The van der Waals surface area contributed by atoms with Crippen molar-refractivity contribution >= 4 is 158 Å². The molecule has 61 heteroatoms. The number of nitrogens with one attached hydrogen (secondary N) is 2. The quantitative estimate of drug-likeness (QED) is 0.00782. The van der Waals surface area contributed by atoms with Crippen LogP contribution >= 0.6 is 46.9 Å². The van der Waals surface area contributed by atoms with E-state index in [9.17, 15) is 154 Å². The van der Waals surface area contributed by atoms with Gasteiger partial charge in [0.1, 0.15) is 27.9 Å². The molecule has 0 radical (unpaired) electrons. The molecule has 17 N–H and O–H groups in total. The molecule has 1 aliphatic heterocycles. The molecule has 2 amide bonds. The second kappa shape index (κ2) is 44.6. The first-order valence-electron chi connectivity index (χ1n) is 36.5. The number of carbonyl (C=O) groups excluding carboxylic acids is 2. The monoisotopic (exact) mass is 2000 g/mol. The number of anilines is 3. The van der Waals surface area contributed by atoms with Gasteiger partial charge in [-0.05, 0) is 149 Å². The number of rotatable bonds is 53. The van der Waals surface area contributed by atoms with Crippen LogP contribution in [0.2, 0.25) is 0 Å². The topological polar surface area (TPSA) is 770 Å². The second-order valence-electron chi connectivity index (χ2n) is 27.5. The fourth-order valence-corrected chi connectivity index (χ4v) is 24.0. The van der Waals surface area contributed by atoms with Crippen LogP contribution in [0.15, 0.2) is 121 Å². The molecule has 2 heterocycles. The van der Waals surface area contributed by atoms with E-state index >= 15 is 0 Å². The summed E-state index contributed by atoms with van der Waals surface area (Å²) in [5.74, 6) is -2.29. The zero-order chi connectivity index (χ0) is 93.2. The van der Waals surface area contributed by atoms with Crippen molar-refractivity contribution in [2.75, 3.05) is 66.4 Å². The standard InChI is InChI=1S/C63H93N7O42P6S6/c1-43(19-9-6-10-20-46(21-17-35-119(87,88)89)69(32-18-36-120(90,91)92)54-27-25-50-52(45(54)3)38-48(122(96,97)98)40-58(50)124(102,103)104)68(53-26-24-49-51(44(53)2)37-47(121(93,94)95)39-57(49)123(99,100)101)31-15-8-12-23-61(73)66-30-14-7-11-22-60(72)65-29-13-4-5-16-34-105-113(75,76)108-115(79,80)110-117(83,84)112-118(85,86)111-116(81,82)109-114(77,78)106-42-56-55(71)41-62(107-56)70-33-28-59(64)67-63(70)74/h6,9-10,19-20,24-28,33,37-40,46,55-56,62,71H,4-5,7-8,11-18,21-23,29-32,34-36,41-42H2,1-3H3,(H,65,72)(H,66,73)(H,75,76)(H,77,78)(H,79,80)(H,81,82)(H,83,84)(H,85,86)(H2,64,67,74)(H,87,88,89)(H,90,91,92)(H,93,94,95)(H,96,97,98)(H,99,100,101)(H,102,103,104)/b9-6+,20-10+,43-19+/t46?,55-,56-,62-/m1/s1. The number of carbonyl (C=O) groups is 2. The average Bonchev–Trinajstić information content (AvgIpc) is 0.886. The van der Waals surface area contributed by atoms with Crippen LogP contribution in [0.1, 0.15) is 127 Å². The van der Waals surface area contributed by atoms with E-state index < -0.39 is 182 Å². The molecule has 10 atom stereocenters. The molecule has 1 aliphatic rings. The van der Waals surface area contributed by atoms with E-state index in [1.165, 1.54) is 61.2 Å². The third kappa shape index (κ3) is 35.5. The molecule has 6 rings (SSSR count). The van der Waals surface area contributed by atoms with Gasteiger partial charge >= 0.3 is 52.6 Å². The van der Waals surface area contributed by atoms with Gasteiger partial charge in [0.05, 0.1) is 40.6 Å². The Morgan fingerprint density at radius 2 is 1.01 bits per heavy atom. The van der Waals surface area contributed by atoms with Crippen molar-refractivity contribution in [3.8, 4) is 0 Å². The zero-order valence-corrected chi connectivity index (χ0v) is 75.9. The molecular weight excluding hydrogens is 1900 g/mol. The number of hydrogen-bond donors (Lipinski definition) is 16. The normalized spacial score (nSPS) is 18.6. The Bertz CT molecular complexity index is 5930. The summed E-state index contributed by atoms with van der Waals surface area (Å²) in [6.45, 7) is 3.24. The third-order valence-electron chi connectivity index (χ3n) is 17.9. The molecule has 0 bridgehead atoms. The van der Waals surface area contributed by atoms with Gasteiger partial charge in [-0.25, -0.2) is 32.2 Å². The van der Waals surface area contributed by atoms with Crippen LogP contribution in [0, 0.1) is 13.8 Å². The van der Waals surface area contributed by atoms with Crippen molar-refractivity contribution in [2.24, 2.45) is 0 Å². The lowest BCUT2D eigenvalue weighted by molar-refractivity contribution is -0.122. The molecule has 1 aromatic heterocycles. The molecule has 49 nitrogen and oxygen atoms in total. The summed E-state index contributed by atoms with van der Waals surface area (Å²) in [5, 5.41) is 15.4. The van der Waals surface area contributed by atoms with Gasteiger partial charge in [0.2, 0.25) is 11.8 Å². The van der Waals surface area contributed by atoms with Gasteiger partial charge in [-0.1, -0.05) is 62.1 Å². The first kappa shape index (κ1) is 107. The lowest BCUT2D eigenvalue weighted by Crippen LogP contribution is -2.36. The summed E-state index contributed by atoms with van der Waals surface area (Å²) in [6.07, 6.45) is 7.57. The van der Waals surface area contributed by atoms with Gasteiger partial charge in [0.25, 0.3) is 60.7 Å². The Hall–Kier alpha value is -5.92. The number of benzene rings is 4. The van der Waals surface area contributed by atoms with Gasteiger partial charge in [-0.3, -0.25) is 50.5 Å². The van der Waals surface area contributed by atoms with Crippen molar-refractivity contribution in [1.29, 1.82) is 0 Å². The predicted octanol–water partition coefficient (Wildman–Crippen LogP) is 7.36. The highest BCUT2D eigenvalue weighted by atomic mass is 32.2. The maximum Gasteiger partial charge on any atom is 0.490 e. The third-order valence-corrected chi connectivity index (χ3v) is 32.2. The van der Waals surface area contributed by atoms with E-state index in [0.717, 1.165) is 22.9 Å². The van der Waals surface area contributed by atoms with Gasteiger partial charge in [0.15, 0.2) is 0 Å². The molecule has 0 aliphatic carbocycles. The molecule has 4 aromatic carbocycles. The Morgan fingerprint density at radius 3 is 1.49 bits per heavy atom. The van der Waals surface area contributed by atoms with E-state index in [1.54, 1.807) is 30.1 Å². The summed E-state index contributed by atoms with van der Waals surface area (Å²) in [6, 6.07) is 8.72. The summed E-state index contributed by atoms with van der Waals surface area (Å²) in [7, 11) is -67.0. The van der Waals surface area contributed by atoms with E-state index in [1.807, 2.05) is 0 Å². The molecule has 1 saturated heterocycles. The number of aryl methyl sites for hydroxylation is 2. The van der Waals surface area contributed by atoms with E-state index in [0.29, 0.717) is 74.9 Å². The van der Waals surface area contributed by atoms with Crippen LogP contribution in [-0.2, 0) is 133 Å². The van der Waals surface area contributed by atoms with Crippen LogP contribution < -0.4 is 31.9 Å². The van der Waals surface area contributed by atoms with Crippen molar-refractivity contribution in [1.82, 2.24) is 20.2 Å². The minimum atomic E-state index is -6.57. The van der Waals surface area contributed by atoms with Crippen LogP contribution in [0.5, 0.6) is 0 Å². The maximum atomic E-state index is 13.0. The molecule has 0 saturated carbocycles. The number of aromatic nitrogens is 2. The van der Waals surface area contributed by atoms with Crippen LogP contribution in [-0.4, -0.2) is 203 Å². The zero-order valence-electron chi connectivity index (χ0n) is 65.6. The van der Waals surface area contributed by atoms with Crippen molar-refractivity contribution in [3.05, 3.63) is 118 Å². The van der Waals surface area contributed by atoms with Gasteiger partial charge in [0, 0.05) is 85.5 Å². The Kier molecular flexibility index (Phi) is 38.4. The number of fused-ring (bicyclic) bond motifs is 2. The lowest BCUT2D eigenvalue weighted by atomic mass is 10.0. The molecular formula is C63H93N7O42P6S6. The number of hydrogen-bond acceptors (Lipinski definition) is 34. The Balaban J connectivity index is 0.963. The van der Waals surface area contributed by atoms with E-state index in [4.69, 9.17) is 10.5 Å². The minimum Gasteiger partial charge on any atom is -0.390 e. The first-order chi connectivity index (χ1) is 57.0. The lowest BCUT2D eigenvalue weighted by Gasteiger charge is -2.34. The number of aliphatic hydroxyl groups excluding tert-OH is 1. The number of amides is 2. The number of phosphoric acid groups is 6. The number of nitrogens with zero attached hydrogens (tertiary/aromatic N) is 4. The second-order valence-corrected chi connectivity index (χ2v) is 45.6. The SMILES string of the molecule is C\C(=C/C=C/C=C/C(CCCS(=O)(=O)O)N(CCCS(=O)(=O)O)c1ccc2c(S(=O)(=O)O)cc(S(=O)(=O)O)cc2c1C)N(CCCCCC(=O)NCCCCCC(=O)NCCCCCCOP(=O)(O)OP(=O)(O)OP(=O)(O)OP(=O)(O)OP(=O)(O)OP(=O)(O)OC[C@H]1O[C@@H](n2ccc(N)nc2=O)C[C@H]1O)c1ccc2c(S(=O)(=O)O)cc(S(=O)(=O)O)cc2c1C. The minimum absolute atomic E-state index is 0.000295. The van der Waals surface area contributed by atoms with Crippen LogP contribution in [0.25, 0.3) is 21.5 Å². The molecule has 7 unspecified atom stereocenters. The molecule has 698 valence electrons. The highest BCUT2D eigenvalue weighted by Crippen LogP contribution is 2.75. The van der Waals surface area contributed by atoms with Crippen molar-refractivity contribution in [3.63, 3.8) is 0 Å². The van der Waals surface area contributed by atoms with Gasteiger partial charge in [-0.15, -0.1) is 0 Å². The molecule has 1 fully saturated rings. The van der Waals surface area contributed by atoms with E-state index in [2.05, 4.69) is 46.2 Å². The van der Waals surface area contributed by atoms with Crippen LogP contribution in [0.3, 0.4) is 0 Å². The van der Waals surface area contributed by atoms with E-state index in [-0.39, 0.29) is 134 Å². The molecule has 0 spiro atoms. The highest BCUT2D eigenvalue weighted by Gasteiger charge is 2.50.